The Balaban J connectivity index is 1.75. The number of fused-ring (bicyclic) bond motifs is 3. The molecule has 3 aromatic heterocycles. The predicted molar refractivity (Wildman–Crippen MR) is 121 cm³/mol. The quantitative estimate of drug-likeness (QED) is 0.532. The fraction of sp³-hybridized carbons (Fsp3) is 0.0833. The van der Waals surface area contributed by atoms with Gasteiger partial charge < -0.3 is 11.1 Å². The van der Waals surface area contributed by atoms with E-state index in [1.165, 1.54) is 0 Å². The molecule has 1 aliphatic carbocycles. The summed E-state index contributed by atoms with van der Waals surface area (Å²) in [6.07, 6.45) is 10.1. The fourth-order valence-electron chi connectivity index (χ4n) is 3.76. The van der Waals surface area contributed by atoms with Crippen LogP contribution in [0, 0.1) is 6.92 Å². The van der Waals surface area contributed by atoms with Crippen molar-refractivity contribution in [3.63, 3.8) is 0 Å². The van der Waals surface area contributed by atoms with Crippen molar-refractivity contribution in [2.45, 2.75) is 13.3 Å². The summed E-state index contributed by atoms with van der Waals surface area (Å²) in [6, 6.07) is 13.6. The van der Waals surface area contributed by atoms with Gasteiger partial charge in [-0.25, -0.2) is 14.8 Å². The van der Waals surface area contributed by atoms with E-state index in [1.54, 1.807) is 4.52 Å². The zero-order valence-electron chi connectivity index (χ0n) is 16.9. The molecule has 4 aromatic rings. The van der Waals surface area contributed by atoms with Crippen LogP contribution in [0.2, 0.25) is 0 Å². The highest BCUT2D eigenvalue weighted by atomic mass is 16.2. The largest absolute Gasteiger partial charge is 0.351 e. The number of pyridine rings is 1. The Morgan fingerprint density at radius 3 is 2.81 bits per heavy atom. The first-order valence-corrected chi connectivity index (χ1v) is 9.94. The fourth-order valence-corrected chi connectivity index (χ4v) is 3.76. The second-order valence-electron chi connectivity index (χ2n) is 7.39. The molecule has 0 saturated heterocycles. The Kier molecular flexibility index (Phi) is 4.55. The number of urea groups is 1. The number of rotatable bonds is 3. The van der Waals surface area contributed by atoms with Gasteiger partial charge in [-0.3, -0.25) is 0 Å². The number of nitrogens with zero attached hydrogens (tertiary/aromatic N) is 4. The van der Waals surface area contributed by atoms with Crippen molar-refractivity contribution < 1.29 is 4.79 Å². The van der Waals surface area contributed by atoms with Crippen molar-refractivity contribution in [3.05, 3.63) is 90.1 Å². The average Bonchev–Trinajstić information content (AvgIpc) is 3.01. The van der Waals surface area contributed by atoms with Gasteiger partial charge >= 0.3 is 6.03 Å². The number of nitrogens with one attached hydrogen (secondary N) is 1. The topological polar surface area (TPSA) is 98.2 Å². The van der Waals surface area contributed by atoms with Crippen LogP contribution in [-0.4, -0.2) is 25.6 Å². The van der Waals surface area contributed by atoms with E-state index >= 15 is 0 Å². The molecule has 2 amide bonds. The van der Waals surface area contributed by atoms with E-state index in [4.69, 9.17) is 10.7 Å². The van der Waals surface area contributed by atoms with Gasteiger partial charge in [0.25, 0.3) is 0 Å². The predicted octanol–water partition coefficient (Wildman–Crippen LogP) is 4.15. The van der Waals surface area contributed by atoms with Gasteiger partial charge in [-0.1, -0.05) is 42.5 Å². The molecule has 152 valence electrons. The van der Waals surface area contributed by atoms with Crippen LogP contribution in [0.5, 0.6) is 0 Å². The van der Waals surface area contributed by atoms with Crippen molar-refractivity contribution >= 4 is 28.3 Å². The number of carbonyl (C=O) groups excluding carboxylic acids is 1. The van der Waals surface area contributed by atoms with E-state index in [0.29, 0.717) is 12.1 Å². The lowest BCUT2D eigenvalue weighted by molar-refractivity contribution is 0.251. The average molecular weight is 408 g/mol. The van der Waals surface area contributed by atoms with Gasteiger partial charge in [0, 0.05) is 28.9 Å². The summed E-state index contributed by atoms with van der Waals surface area (Å²) < 4.78 is 1.78. The summed E-state index contributed by atoms with van der Waals surface area (Å²) in [6.45, 7) is 1.94. The van der Waals surface area contributed by atoms with Crippen LogP contribution in [0.15, 0.2) is 78.7 Å². The summed E-state index contributed by atoms with van der Waals surface area (Å²) in [5.74, 6) is 0. The first-order valence-electron chi connectivity index (χ1n) is 9.94. The van der Waals surface area contributed by atoms with E-state index in [1.807, 2.05) is 61.7 Å². The van der Waals surface area contributed by atoms with Gasteiger partial charge in [0.1, 0.15) is 0 Å². The molecule has 5 rings (SSSR count). The lowest BCUT2D eigenvalue weighted by Gasteiger charge is -2.13. The highest BCUT2D eigenvalue weighted by Gasteiger charge is 2.16. The second-order valence-corrected chi connectivity index (χ2v) is 7.39. The molecule has 0 radical (unpaired) electrons. The number of benzene rings is 1. The minimum atomic E-state index is -0.592. The minimum Gasteiger partial charge on any atom is -0.351 e. The summed E-state index contributed by atoms with van der Waals surface area (Å²) in [5, 5.41) is 8.11. The third-order valence-corrected chi connectivity index (χ3v) is 5.14. The molecule has 31 heavy (non-hydrogen) atoms. The summed E-state index contributed by atoms with van der Waals surface area (Å²) in [4.78, 5) is 20.8. The molecule has 3 heterocycles. The minimum absolute atomic E-state index is 0.592. The zero-order chi connectivity index (χ0) is 21.4. The Labute approximate surface area is 178 Å². The Bertz CT molecular complexity index is 1410. The standard InChI is InChI=1S/C24H20N6O/c1-15-12-21-26-14-18-13-20(16-6-3-2-4-7-16)22(28-23(18)30(21)29-15)17-8-5-9-19(11-10-17)27-24(25)31/h2-7,9-14H,8H2,1H3,(H3,25,27,31). The maximum atomic E-state index is 11.2. The molecule has 0 fully saturated rings. The number of hydrogen-bond donors (Lipinski definition) is 2. The first kappa shape index (κ1) is 18.7. The van der Waals surface area contributed by atoms with Crippen molar-refractivity contribution in [3.8, 4) is 11.1 Å². The summed E-state index contributed by atoms with van der Waals surface area (Å²) in [7, 11) is 0. The van der Waals surface area contributed by atoms with Crippen LogP contribution in [0.1, 0.15) is 17.8 Å². The monoisotopic (exact) mass is 408 g/mol. The smallest absolute Gasteiger partial charge is 0.316 e. The molecular weight excluding hydrogens is 388 g/mol. The Hall–Kier alpha value is -4.26. The van der Waals surface area contributed by atoms with Crippen LogP contribution >= 0.6 is 0 Å². The number of carbonyl (C=O) groups is 1. The van der Waals surface area contributed by atoms with Crippen LogP contribution < -0.4 is 11.1 Å². The number of aryl methyl sites for hydroxylation is 1. The van der Waals surface area contributed by atoms with Gasteiger partial charge in [0.2, 0.25) is 0 Å². The van der Waals surface area contributed by atoms with Crippen LogP contribution in [-0.2, 0) is 0 Å². The normalized spacial score (nSPS) is 13.7. The highest BCUT2D eigenvalue weighted by Crippen LogP contribution is 2.33. The molecule has 7 nitrogen and oxygen atoms in total. The third-order valence-electron chi connectivity index (χ3n) is 5.14. The zero-order valence-corrected chi connectivity index (χ0v) is 16.9. The number of hydrogen-bond acceptors (Lipinski definition) is 4. The molecule has 0 bridgehead atoms. The van der Waals surface area contributed by atoms with E-state index in [-0.39, 0.29) is 0 Å². The number of amides is 2. The lowest BCUT2D eigenvalue weighted by Crippen LogP contribution is -2.27. The molecule has 0 unspecified atom stereocenters. The second kappa shape index (κ2) is 7.53. The molecule has 1 aliphatic rings. The number of aromatic nitrogens is 4. The van der Waals surface area contributed by atoms with E-state index < -0.39 is 6.03 Å². The molecule has 3 N–H and O–H groups in total. The molecule has 7 heteroatoms. The van der Waals surface area contributed by atoms with Gasteiger partial charge in [-0.05, 0) is 42.7 Å². The first-order chi connectivity index (χ1) is 15.1. The third kappa shape index (κ3) is 3.57. The van der Waals surface area contributed by atoms with Crippen molar-refractivity contribution in [1.82, 2.24) is 24.9 Å². The Morgan fingerprint density at radius 2 is 2.00 bits per heavy atom. The summed E-state index contributed by atoms with van der Waals surface area (Å²) >= 11 is 0. The molecule has 0 atom stereocenters. The van der Waals surface area contributed by atoms with Crippen molar-refractivity contribution in [2.24, 2.45) is 5.73 Å². The maximum Gasteiger partial charge on any atom is 0.316 e. The molecular formula is C24H20N6O. The van der Waals surface area contributed by atoms with Crippen molar-refractivity contribution in [2.75, 3.05) is 0 Å². The number of allylic oxidation sites excluding steroid dienone is 5. The van der Waals surface area contributed by atoms with Crippen LogP contribution in [0.4, 0.5) is 4.79 Å². The van der Waals surface area contributed by atoms with Crippen LogP contribution in [0.25, 0.3) is 33.4 Å². The maximum absolute atomic E-state index is 11.2. The van der Waals surface area contributed by atoms with E-state index in [0.717, 1.165) is 44.8 Å². The Morgan fingerprint density at radius 1 is 1.16 bits per heavy atom. The van der Waals surface area contributed by atoms with E-state index in [2.05, 4.69) is 33.6 Å². The van der Waals surface area contributed by atoms with Crippen molar-refractivity contribution in [1.29, 1.82) is 0 Å². The molecule has 0 saturated carbocycles. The van der Waals surface area contributed by atoms with Crippen LogP contribution in [0.3, 0.4) is 0 Å². The van der Waals surface area contributed by atoms with E-state index in [9.17, 15) is 4.79 Å². The highest BCUT2D eigenvalue weighted by molar-refractivity contribution is 5.89. The molecule has 0 spiro atoms. The SMILES string of the molecule is Cc1cc2ncc3cc(-c4ccccc4)c(C4=CC=C(NC(N)=O)C=CC4)nc3n2n1. The van der Waals surface area contributed by atoms with Gasteiger partial charge in [0.05, 0.1) is 11.4 Å². The number of primary amides is 1. The molecule has 1 aromatic carbocycles. The van der Waals surface area contributed by atoms with Gasteiger partial charge in [-0.2, -0.15) is 9.61 Å². The van der Waals surface area contributed by atoms with Gasteiger partial charge in [-0.15, -0.1) is 0 Å². The number of nitrogens with two attached hydrogens (primary N) is 1. The lowest BCUT2D eigenvalue weighted by atomic mass is 9.96. The summed E-state index contributed by atoms with van der Waals surface area (Å²) in [5.41, 5.74) is 12.3. The molecule has 0 aliphatic heterocycles. The van der Waals surface area contributed by atoms with Gasteiger partial charge in [0.15, 0.2) is 11.3 Å².